The maximum atomic E-state index is 12.4. The van der Waals surface area contributed by atoms with Crippen LogP contribution in [0.2, 0.25) is 0 Å². The molecule has 1 aliphatic carbocycles. The van der Waals surface area contributed by atoms with Gasteiger partial charge in [-0.2, -0.15) is 5.26 Å². The van der Waals surface area contributed by atoms with Crippen molar-refractivity contribution in [1.82, 2.24) is 10.2 Å². The lowest BCUT2D eigenvalue weighted by Gasteiger charge is -2.02. The third-order valence-corrected chi connectivity index (χ3v) is 6.63. The standard InChI is InChI=1S/C19H18N4O3S2/c1-11-12(7-8-25-11)17-22-23-19(26-17)27-10-16(24)21-18-14(9-20)13-5-3-2-4-6-15(13)28-18/h7-8H,2-6,10H2,1H3,(H,21,24). The second-order valence-corrected chi connectivity index (χ2v) is 8.51. The van der Waals surface area contributed by atoms with Crippen LogP contribution in [0, 0.1) is 18.3 Å². The van der Waals surface area contributed by atoms with E-state index in [1.165, 1.54) is 22.6 Å². The van der Waals surface area contributed by atoms with E-state index in [4.69, 9.17) is 8.83 Å². The zero-order valence-electron chi connectivity index (χ0n) is 15.3. The molecule has 0 aromatic carbocycles. The molecule has 4 rings (SSSR count). The van der Waals surface area contributed by atoms with E-state index >= 15 is 0 Å². The molecule has 7 nitrogen and oxygen atoms in total. The van der Waals surface area contributed by atoms with E-state index in [-0.39, 0.29) is 11.7 Å². The number of aromatic nitrogens is 2. The monoisotopic (exact) mass is 414 g/mol. The van der Waals surface area contributed by atoms with Crippen LogP contribution < -0.4 is 5.32 Å². The minimum absolute atomic E-state index is 0.124. The van der Waals surface area contributed by atoms with Gasteiger partial charge in [0.15, 0.2) is 0 Å². The molecule has 0 aliphatic heterocycles. The molecule has 1 N–H and O–H groups in total. The summed E-state index contributed by atoms with van der Waals surface area (Å²) < 4.78 is 10.8. The van der Waals surface area contributed by atoms with Gasteiger partial charge in [-0.3, -0.25) is 4.79 Å². The number of nitriles is 1. The van der Waals surface area contributed by atoms with Gasteiger partial charge in [0.05, 0.1) is 23.1 Å². The first-order chi connectivity index (χ1) is 13.7. The Labute approximate surface area is 170 Å². The van der Waals surface area contributed by atoms with Crippen LogP contribution in [0.1, 0.15) is 41.0 Å². The van der Waals surface area contributed by atoms with E-state index in [0.717, 1.165) is 48.6 Å². The van der Waals surface area contributed by atoms with Gasteiger partial charge < -0.3 is 14.2 Å². The Morgan fingerprint density at radius 1 is 1.36 bits per heavy atom. The van der Waals surface area contributed by atoms with Crippen LogP contribution in [0.15, 0.2) is 26.4 Å². The molecule has 1 aliphatic rings. The molecule has 3 aromatic heterocycles. The summed E-state index contributed by atoms with van der Waals surface area (Å²) >= 11 is 2.69. The lowest BCUT2D eigenvalue weighted by Crippen LogP contribution is -2.14. The maximum Gasteiger partial charge on any atom is 0.277 e. The molecule has 0 bridgehead atoms. The number of amides is 1. The van der Waals surface area contributed by atoms with Gasteiger partial charge in [-0.05, 0) is 44.2 Å². The topological polar surface area (TPSA) is 105 Å². The molecular weight excluding hydrogens is 396 g/mol. The molecule has 0 saturated carbocycles. The number of nitrogens with one attached hydrogen (secondary N) is 1. The van der Waals surface area contributed by atoms with Gasteiger partial charge in [0.25, 0.3) is 11.1 Å². The highest BCUT2D eigenvalue weighted by molar-refractivity contribution is 7.99. The highest BCUT2D eigenvalue weighted by Gasteiger charge is 2.21. The molecule has 144 valence electrons. The van der Waals surface area contributed by atoms with Crippen LogP contribution in [-0.4, -0.2) is 21.9 Å². The quantitative estimate of drug-likeness (QED) is 0.481. The summed E-state index contributed by atoms with van der Waals surface area (Å²) in [4.78, 5) is 13.6. The Balaban J connectivity index is 1.40. The zero-order valence-corrected chi connectivity index (χ0v) is 16.9. The number of carbonyl (C=O) groups excluding carboxylic acids is 1. The minimum Gasteiger partial charge on any atom is -0.469 e. The Morgan fingerprint density at radius 3 is 3.00 bits per heavy atom. The normalized spacial score (nSPS) is 13.6. The van der Waals surface area contributed by atoms with Gasteiger partial charge in [0, 0.05) is 4.88 Å². The van der Waals surface area contributed by atoms with Crippen LogP contribution in [0.5, 0.6) is 0 Å². The first kappa shape index (κ1) is 18.8. The summed E-state index contributed by atoms with van der Waals surface area (Å²) in [5.41, 5.74) is 2.48. The van der Waals surface area contributed by atoms with Gasteiger partial charge in [0.1, 0.15) is 16.8 Å². The van der Waals surface area contributed by atoms with Crippen LogP contribution in [0.4, 0.5) is 5.00 Å². The maximum absolute atomic E-state index is 12.4. The van der Waals surface area contributed by atoms with E-state index in [9.17, 15) is 10.1 Å². The van der Waals surface area contributed by atoms with Gasteiger partial charge in [0.2, 0.25) is 5.91 Å². The van der Waals surface area contributed by atoms with Crippen molar-refractivity contribution in [3.05, 3.63) is 34.1 Å². The fourth-order valence-electron chi connectivity index (χ4n) is 3.22. The van der Waals surface area contributed by atoms with Crippen molar-refractivity contribution in [1.29, 1.82) is 5.26 Å². The number of hydrogen-bond donors (Lipinski definition) is 1. The summed E-state index contributed by atoms with van der Waals surface area (Å²) in [6, 6.07) is 4.03. The van der Waals surface area contributed by atoms with Crippen LogP contribution in [0.25, 0.3) is 11.5 Å². The molecule has 28 heavy (non-hydrogen) atoms. The first-order valence-corrected chi connectivity index (χ1v) is 10.8. The third-order valence-electron chi connectivity index (χ3n) is 4.61. The van der Waals surface area contributed by atoms with E-state index in [0.29, 0.717) is 27.4 Å². The molecular formula is C19H18N4O3S2. The number of fused-ring (bicyclic) bond motifs is 1. The number of thioether (sulfide) groups is 1. The van der Waals surface area contributed by atoms with E-state index in [1.807, 2.05) is 6.92 Å². The number of thiophene rings is 1. The van der Waals surface area contributed by atoms with Crippen molar-refractivity contribution in [2.45, 2.75) is 44.3 Å². The molecule has 9 heteroatoms. The summed E-state index contributed by atoms with van der Waals surface area (Å²) in [7, 11) is 0. The number of furan rings is 1. The van der Waals surface area contributed by atoms with E-state index in [2.05, 4.69) is 21.6 Å². The molecule has 0 saturated heterocycles. The lowest BCUT2D eigenvalue weighted by atomic mass is 10.1. The number of anilines is 1. The molecule has 1 amide bonds. The van der Waals surface area contributed by atoms with Gasteiger partial charge >= 0.3 is 0 Å². The van der Waals surface area contributed by atoms with E-state index < -0.39 is 0 Å². The average molecular weight is 415 g/mol. The predicted molar refractivity (Wildman–Crippen MR) is 106 cm³/mol. The molecule has 0 unspecified atom stereocenters. The summed E-state index contributed by atoms with van der Waals surface area (Å²) in [6.45, 7) is 1.81. The minimum atomic E-state index is -0.197. The molecule has 0 spiro atoms. The number of rotatable bonds is 5. The van der Waals surface area contributed by atoms with Crippen molar-refractivity contribution in [2.75, 3.05) is 11.1 Å². The highest BCUT2D eigenvalue weighted by Crippen LogP contribution is 2.37. The number of carbonyl (C=O) groups is 1. The van der Waals surface area contributed by atoms with Gasteiger partial charge in [-0.1, -0.05) is 18.2 Å². The molecule has 3 heterocycles. The molecule has 0 fully saturated rings. The fraction of sp³-hybridized carbons (Fsp3) is 0.368. The number of nitrogens with zero attached hydrogens (tertiary/aromatic N) is 3. The average Bonchev–Trinajstić information content (AvgIpc) is 3.35. The first-order valence-electron chi connectivity index (χ1n) is 9.01. The van der Waals surface area contributed by atoms with Gasteiger partial charge in [-0.25, -0.2) is 0 Å². The van der Waals surface area contributed by atoms with Crippen molar-refractivity contribution >= 4 is 34.0 Å². The SMILES string of the molecule is Cc1occc1-c1nnc(SCC(=O)Nc2sc3c(c2C#N)CCCCC3)o1. The van der Waals surface area contributed by atoms with Crippen molar-refractivity contribution in [2.24, 2.45) is 0 Å². The summed E-state index contributed by atoms with van der Waals surface area (Å²) in [6.07, 6.45) is 6.88. The smallest absolute Gasteiger partial charge is 0.277 e. The Morgan fingerprint density at radius 2 is 2.21 bits per heavy atom. The van der Waals surface area contributed by atoms with Crippen molar-refractivity contribution in [3.8, 4) is 17.5 Å². The number of aryl methyl sites for hydroxylation is 2. The largest absolute Gasteiger partial charge is 0.469 e. The fourth-order valence-corrected chi connectivity index (χ4v) is 5.04. The van der Waals surface area contributed by atoms with Crippen LogP contribution in [-0.2, 0) is 17.6 Å². The lowest BCUT2D eigenvalue weighted by molar-refractivity contribution is -0.113. The molecule has 3 aromatic rings. The predicted octanol–water partition coefficient (Wildman–Crippen LogP) is 4.57. The second kappa shape index (κ2) is 8.20. The van der Waals surface area contributed by atoms with Crippen molar-refractivity contribution in [3.63, 3.8) is 0 Å². The van der Waals surface area contributed by atoms with Crippen LogP contribution >= 0.6 is 23.1 Å². The van der Waals surface area contributed by atoms with Crippen molar-refractivity contribution < 1.29 is 13.6 Å². The summed E-state index contributed by atoms with van der Waals surface area (Å²) in [5.74, 6) is 0.985. The van der Waals surface area contributed by atoms with Crippen LogP contribution in [0.3, 0.4) is 0 Å². The highest BCUT2D eigenvalue weighted by atomic mass is 32.2. The second-order valence-electron chi connectivity index (χ2n) is 6.48. The molecule has 0 atom stereocenters. The Bertz CT molecular complexity index is 1040. The Kier molecular flexibility index (Phi) is 5.50. The third kappa shape index (κ3) is 3.84. The van der Waals surface area contributed by atoms with Gasteiger partial charge in [-0.15, -0.1) is 21.5 Å². The van der Waals surface area contributed by atoms with E-state index in [1.54, 1.807) is 12.3 Å². The molecule has 0 radical (unpaired) electrons. The summed E-state index contributed by atoms with van der Waals surface area (Å²) in [5, 5.41) is 21.4. The Hall–Kier alpha value is -2.57. The number of hydrogen-bond acceptors (Lipinski definition) is 8. The zero-order chi connectivity index (χ0) is 19.5.